The number of benzene rings is 1. The van der Waals surface area contributed by atoms with E-state index in [1.165, 1.54) is 12.4 Å². The summed E-state index contributed by atoms with van der Waals surface area (Å²) in [6.07, 6.45) is 2.86. The molecule has 0 unspecified atom stereocenters. The van der Waals surface area contributed by atoms with Crippen LogP contribution in [0, 0.1) is 12.7 Å². The van der Waals surface area contributed by atoms with E-state index in [4.69, 9.17) is 4.74 Å². The summed E-state index contributed by atoms with van der Waals surface area (Å²) in [4.78, 5) is 24.3. The Morgan fingerprint density at radius 1 is 1.19 bits per heavy atom. The number of aryl methyl sites for hydroxylation is 1. The van der Waals surface area contributed by atoms with Crippen LogP contribution in [-0.2, 0) is 4.79 Å². The quantitative estimate of drug-likeness (QED) is 0.822. The van der Waals surface area contributed by atoms with Gasteiger partial charge in [0.25, 0.3) is 0 Å². The van der Waals surface area contributed by atoms with Gasteiger partial charge in [-0.2, -0.15) is 0 Å². The van der Waals surface area contributed by atoms with E-state index in [1.54, 1.807) is 18.2 Å². The van der Waals surface area contributed by atoms with Gasteiger partial charge in [0.15, 0.2) is 11.6 Å². The summed E-state index contributed by atoms with van der Waals surface area (Å²) in [6, 6.07) is 6.40. The van der Waals surface area contributed by atoms with Gasteiger partial charge in [-0.1, -0.05) is 13.0 Å². The fourth-order valence-corrected chi connectivity index (χ4v) is 2.92. The number of carbonyl (C=O) groups is 1. The van der Waals surface area contributed by atoms with Crippen LogP contribution in [0.1, 0.15) is 25.3 Å². The number of amides is 1. The van der Waals surface area contributed by atoms with Crippen molar-refractivity contribution >= 4 is 11.7 Å². The molecule has 0 bridgehead atoms. The maximum Gasteiger partial charge on any atom is 0.224 e. The molecule has 26 heavy (non-hydrogen) atoms. The summed E-state index contributed by atoms with van der Waals surface area (Å²) in [5.41, 5.74) is 0.906. The van der Waals surface area contributed by atoms with E-state index in [0.29, 0.717) is 44.3 Å². The Morgan fingerprint density at radius 2 is 1.96 bits per heavy atom. The van der Waals surface area contributed by atoms with Crippen molar-refractivity contribution in [2.75, 3.05) is 31.1 Å². The first kappa shape index (κ1) is 18.1. The van der Waals surface area contributed by atoms with Gasteiger partial charge in [-0.25, -0.2) is 14.4 Å². The van der Waals surface area contributed by atoms with E-state index in [-0.39, 0.29) is 11.7 Å². The average Bonchev–Trinajstić information content (AvgIpc) is 2.65. The number of anilines is 1. The lowest BCUT2D eigenvalue weighted by molar-refractivity contribution is -0.131. The minimum atomic E-state index is -0.432. The summed E-state index contributed by atoms with van der Waals surface area (Å²) in [5, 5.41) is 0. The van der Waals surface area contributed by atoms with Crippen LogP contribution >= 0.6 is 0 Å². The highest BCUT2D eigenvalue weighted by atomic mass is 19.1. The molecule has 0 N–H and O–H groups in total. The van der Waals surface area contributed by atoms with Crippen molar-refractivity contribution in [3.05, 3.63) is 42.0 Å². The van der Waals surface area contributed by atoms with Crippen molar-refractivity contribution in [3.8, 4) is 11.6 Å². The predicted octanol–water partition coefficient (Wildman–Crippen LogP) is 3.17. The molecule has 1 aromatic heterocycles. The molecule has 1 fully saturated rings. The minimum Gasteiger partial charge on any atom is -0.436 e. The molecule has 3 rings (SSSR count). The van der Waals surface area contributed by atoms with Crippen molar-refractivity contribution in [1.29, 1.82) is 0 Å². The number of hydrogen-bond acceptors (Lipinski definition) is 5. The fraction of sp³-hybridized carbons (Fsp3) is 0.421. The molecule has 0 saturated carbocycles. The summed E-state index contributed by atoms with van der Waals surface area (Å²) in [7, 11) is 0. The molecule has 7 heteroatoms. The molecule has 1 saturated heterocycles. The van der Waals surface area contributed by atoms with Crippen molar-refractivity contribution in [1.82, 2.24) is 14.9 Å². The van der Waals surface area contributed by atoms with Crippen molar-refractivity contribution in [2.45, 2.75) is 26.7 Å². The number of rotatable bonds is 5. The third-order valence-corrected chi connectivity index (χ3v) is 4.35. The number of hydrogen-bond donors (Lipinski definition) is 0. The molecule has 6 nitrogen and oxygen atoms in total. The molecule has 0 atom stereocenters. The Morgan fingerprint density at radius 3 is 2.69 bits per heavy atom. The minimum absolute atomic E-state index is 0.143. The topological polar surface area (TPSA) is 58.6 Å². The zero-order valence-electron chi connectivity index (χ0n) is 15.1. The molecule has 2 aromatic rings. The molecular weight excluding hydrogens is 335 g/mol. The largest absolute Gasteiger partial charge is 0.436 e. The van der Waals surface area contributed by atoms with Gasteiger partial charge in [-0.05, 0) is 31.0 Å². The fourth-order valence-electron chi connectivity index (χ4n) is 2.92. The molecule has 1 aromatic carbocycles. The first-order valence-corrected chi connectivity index (χ1v) is 8.85. The van der Waals surface area contributed by atoms with Crippen LogP contribution in [0.4, 0.5) is 10.2 Å². The maximum atomic E-state index is 13.9. The van der Waals surface area contributed by atoms with Crippen LogP contribution in [0.25, 0.3) is 0 Å². The first-order chi connectivity index (χ1) is 12.6. The molecule has 0 spiro atoms. The molecule has 1 amide bonds. The van der Waals surface area contributed by atoms with Crippen molar-refractivity contribution in [3.63, 3.8) is 0 Å². The second kappa shape index (κ2) is 8.12. The second-order valence-corrected chi connectivity index (χ2v) is 6.37. The summed E-state index contributed by atoms with van der Waals surface area (Å²) in [6.45, 7) is 6.62. The van der Waals surface area contributed by atoms with Gasteiger partial charge in [0.2, 0.25) is 11.8 Å². The van der Waals surface area contributed by atoms with Gasteiger partial charge >= 0.3 is 0 Å². The van der Waals surface area contributed by atoms with Crippen LogP contribution in [0.5, 0.6) is 11.6 Å². The number of halogens is 1. The van der Waals surface area contributed by atoms with Gasteiger partial charge in [0.1, 0.15) is 12.1 Å². The van der Waals surface area contributed by atoms with Gasteiger partial charge in [-0.3, -0.25) is 4.79 Å². The van der Waals surface area contributed by atoms with Gasteiger partial charge < -0.3 is 14.5 Å². The Bertz CT molecular complexity index is 776. The lowest BCUT2D eigenvalue weighted by atomic mass is 10.2. The van der Waals surface area contributed by atoms with Gasteiger partial charge in [-0.15, -0.1) is 0 Å². The highest BCUT2D eigenvalue weighted by Crippen LogP contribution is 2.26. The second-order valence-electron chi connectivity index (χ2n) is 6.37. The number of nitrogens with zero attached hydrogens (tertiary/aromatic N) is 4. The van der Waals surface area contributed by atoms with Crippen LogP contribution < -0.4 is 9.64 Å². The number of carbonyl (C=O) groups excluding carboxylic acids is 1. The van der Waals surface area contributed by atoms with Gasteiger partial charge in [0, 0.05) is 38.7 Å². The number of piperazine rings is 1. The third-order valence-electron chi connectivity index (χ3n) is 4.35. The summed E-state index contributed by atoms with van der Waals surface area (Å²) < 4.78 is 19.5. The van der Waals surface area contributed by atoms with E-state index < -0.39 is 5.82 Å². The zero-order chi connectivity index (χ0) is 18.5. The standard InChI is InChI=1S/C19H23FN4O2/c1-3-4-19(25)24-9-7-23(8-10-24)17-12-18(22-13-21-17)26-16-11-14(2)5-6-15(16)20/h5-6,11-13H,3-4,7-10H2,1-2H3. The highest BCUT2D eigenvalue weighted by molar-refractivity contribution is 5.76. The molecule has 2 heterocycles. The zero-order valence-corrected chi connectivity index (χ0v) is 15.1. The average molecular weight is 358 g/mol. The molecular formula is C19H23FN4O2. The van der Waals surface area contributed by atoms with Crippen LogP contribution in [0.15, 0.2) is 30.6 Å². The van der Waals surface area contributed by atoms with Crippen LogP contribution in [-0.4, -0.2) is 47.0 Å². The molecule has 0 aliphatic carbocycles. The van der Waals surface area contributed by atoms with E-state index in [0.717, 1.165) is 12.0 Å². The lowest BCUT2D eigenvalue weighted by Crippen LogP contribution is -2.49. The van der Waals surface area contributed by atoms with Crippen molar-refractivity contribution < 1.29 is 13.9 Å². The van der Waals surface area contributed by atoms with Crippen LogP contribution in [0.2, 0.25) is 0 Å². The van der Waals surface area contributed by atoms with E-state index in [9.17, 15) is 9.18 Å². The van der Waals surface area contributed by atoms with Gasteiger partial charge in [0.05, 0.1) is 0 Å². The number of aromatic nitrogens is 2. The summed E-state index contributed by atoms with van der Waals surface area (Å²) in [5.74, 6) is 0.923. The molecule has 0 radical (unpaired) electrons. The Kier molecular flexibility index (Phi) is 5.65. The van der Waals surface area contributed by atoms with Crippen LogP contribution in [0.3, 0.4) is 0 Å². The van der Waals surface area contributed by atoms with E-state index in [2.05, 4.69) is 14.9 Å². The number of ether oxygens (including phenoxy) is 1. The molecule has 1 aliphatic rings. The smallest absolute Gasteiger partial charge is 0.224 e. The first-order valence-electron chi connectivity index (χ1n) is 8.85. The van der Waals surface area contributed by atoms with Crippen molar-refractivity contribution in [2.24, 2.45) is 0 Å². The predicted molar refractivity (Wildman–Crippen MR) is 96.9 cm³/mol. The molecule has 1 aliphatic heterocycles. The maximum absolute atomic E-state index is 13.9. The SMILES string of the molecule is CCCC(=O)N1CCN(c2cc(Oc3cc(C)ccc3F)ncn2)CC1. The molecule has 138 valence electrons. The Labute approximate surface area is 152 Å². The third kappa shape index (κ3) is 4.28. The highest BCUT2D eigenvalue weighted by Gasteiger charge is 2.21. The Hall–Kier alpha value is -2.70. The Balaban J connectivity index is 1.66. The van der Waals surface area contributed by atoms with E-state index in [1.807, 2.05) is 18.7 Å². The monoisotopic (exact) mass is 358 g/mol. The van der Waals surface area contributed by atoms with E-state index >= 15 is 0 Å². The summed E-state index contributed by atoms with van der Waals surface area (Å²) >= 11 is 0. The lowest BCUT2D eigenvalue weighted by Gasteiger charge is -2.35. The normalized spacial score (nSPS) is 14.4.